The average molecular weight is 414 g/mol. The molecule has 0 radical (unpaired) electrons. The van der Waals surface area contributed by atoms with E-state index in [9.17, 15) is 4.79 Å². The van der Waals surface area contributed by atoms with Crippen molar-refractivity contribution in [2.24, 2.45) is 0 Å². The van der Waals surface area contributed by atoms with Crippen molar-refractivity contribution >= 4 is 17.5 Å². The Morgan fingerprint density at radius 2 is 1.90 bits per heavy atom. The highest BCUT2D eigenvalue weighted by molar-refractivity contribution is 6.30. The Labute approximate surface area is 175 Å². The summed E-state index contributed by atoms with van der Waals surface area (Å²) >= 11 is 5.91. The van der Waals surface area contributed by atoms with E-state index in [1.807, 2.05) is 58.0 Å². The van der Waals surface area contributed by atoms with Crippen LogP contribution in [0.4, 0.5) is 0 Å². The van der Waals surface area contributed by atoms with Gasteiger partial charge in [-0.1, -0.05) is 28.9 Å². The second kappa shape index (κ2) is 9.09. The van der Waals surface area contributed by atoms with Crippen LogP contribution in [0.3, 0.4) is 0 Å². The zero-order valence-electron chi connectivity index (χ0n) is 17.0. The molecule has 2 aromatic carbocycles. The number of benzene rings is 2. The lowest BCUT2D eigenvalue weighted by Crippen LogP contribution is -2.39. The Bertz CT molecular complexity index is 983. The predicted octanol–water partition coefficient (Wildman–Crippen LogP) is 4.82. The van der Waals surface area contributed by atoms with E-state index in [1.165, 1.54) is 0 Å². The van der Waals surface area contributed by atoms with Gasteiger partial charge in [0.25, 0.3) is 5.91 Å². The van der Waals surface area contributed by atoms with Gasteiger partial charge in [-0.2, -0.15) is 4.98 Å². The maximum absolute atomic E-state index is 12.8. The molecule has 0 aliphatic rings. The van der Waals surface area contributed by atoms with Crippen molar-refractivity contribution in [3.8, 4) is 17.1 Å². The van der Waals surface area contributed by atoms with Crippen LogP contribution in [0.5, 0.6) is 5.75 Å². The number of hydrogen-bond donors (Lipinski definition) is 0. The number of rotatable bonds is 7. The molecule has 1 amide bonds. The molecular weight excluding hydrogens is 390 g/mol. The Hall–Kier alpha value is -2.86. The summed E-state index contributed by atoms with van der Waals surface area (Å²) in [6, 6.07) is 13.0. The molecule has 152 valence electrons. The van der Waals surface area contributed by atoms with Gasteiger partial charge in [-0.15, -0.1) is 0 Å². The van der Waals surface area contributed by atoms with Crippen molar-refractivity contribution in [2.75, 3.05) is 6.61 Å². The minimum atomic E-state index is -0.146. The third-order valence-electron chi connectivity index (χ3n) is 4.51. The van der Waals surface area contributed by atoms with Gasteiger partial charge < -0.3 is 14.2 Å². The Balaban J connectivity index is 1.67. The van der Waals surface area contributed by atoms with Crippen LogP contribution in [-0.4, -0.2) is 33.6 Å². The standard InChI is InChI=1S/C22H24ClN3O3/c1-14(2)26(21(27)13-28-19-11-15(3)5-6-16(19)4)12-20-24-22(25-29-20)17-7-9-18(23)10-8-17/h5-11,14H,12-13H2,1-4H3. The molecule has 1 aromatic heterocycles. The molecule has 0 aliphatic heterocycles. The van der Waals surface area contributed by atoms with Crippen LogP contribution in [0.2, 0.25) is 5.02 Å². The Kier molecular flexibility index (Phi) is 6.54. The van der Waals surface area contributed by atoms with Crippen LogP contribution < -0.4 is 4.74 Å². The largest absolute Gasteiger partial charge is 0.483 e. The van der Waals surface area contributed by atoms with Crippen molar-refractivity contribution in [1.29, 1.82) is 0 Å². The molecule has 0 fully saturated rings. The normalized spacial score (nSPS) is 11.0. The second-order valence-electron chi connectivity index (χ2n) is 7.19. The third kappa shape index (κ3) is 5.35. The van der Waals surface area contributed by atoms with E-state index < -0.39 is 0 Å². The maximum Gasteiger partial charge on any atom is 0.261 e. The van der Waals surface area contributed by atoms with Gasteiger partial charge in [-0.25, -0.2) is 0 Å². The van der Waals surface area contributed by atoms with Crippen LogP contribution in [-0.2, 0) is 11.3 Å². The number of ether oxygens (including phenoxy) is 1. The van der Waals surface area contributed by atoms with Crippen molar-refractivity contribution in [3.05, 3.63) is 64.5 Å². The molecule has 3 aromatic rings. The summed E-state index contributed by atoms with van der Waals surface area (Å²) in [6.07, 6.45) is 0. The van der Waals surface area contributed by atoms with E-state index in [2.05, 4.69) is 10.1 Å². The monoisotopic (exact) mass is 413 g/mol. The lowest BCUT2D eigenvalue weighted by atomic mass is 10.1. The smallest absolute Gasteiger partial charge is 0.261 e. The minimum Gasteiger partial charge on any atom is -0.483 e. The van der Waals surface area contributed by atoms with Gasteiger partial charge in [0, 0.05) is 16.6 Å². The number of amides is 1. The highest BCUT2D eigenvalue weighted by atomic mass is 35.5. The number of aromatic nitrogens is 2. The van der Waals surface area contributed by atoms with Crippen LogP contribution in [0.15, 0.2) is 47.0 Å². The molecule has 0 saturated heterocycles. The summed E-state index contributed by atoms with van der Waals surface area (Å²) in [6.45, 7) is 7.98. The van der Waals surface area contributed by atoms with Crippen molar-refractivity contribution in [3.63, 3.8) is 0 Å². The summed E-state index contributed by atoms with van der Waals surface area (Å²) in [5, 5.41) is 4.64. The Morgan fingerprint density at radius 3 is 2.59 bits per heavy atom. The zero-order chi connectivity index (χ0) is 21.0. The first-order chi connectivity index (χ1) is 13.8. The first-order valence-corrected chi connectivity index (χ1v) is 9.79. The topological polar surface area (TPSA) is 68.5 Å². The van der Waals surface area contributed by atoms with Crippen LogP contribution in [0.1, 0.15) is 30.9 Å². The average Bonchev–Trinajstić information content (AvgIpc) is 3.15. The fourth-order valence-corrected chi connectivity index (χ4v) is 2.95. The van der Waals surface area contributed by atoms with Gasteiger partial charge in [-0.05, 0) is 69.2 Å². The summed E-state index contributed by atoms with van der Waals surface area (Å²) in [4.78, 5) is 18.8. The highest BCUT2D eigenvalue weighted by Crippen LogP contribution is 2.21. The molecule has 0 atom stereocenters. The lowest BCUT2D eigenvalue weighted by Gasteiger charge is -2.25. The third-order valence-corrected chi connectivity index (χ3v) is 4.77. The Morgan fingerprint density at radius 1 is 1.17 bits per heavy atom. The van der Waals surface area contributed by atoms with E-state index in [0.29, 0.717) is 22.5 Å². The maximum atomic E-state index is 12.8. The van der Waals surface area contributed by atoms with Crippen molar-refractivity contribution in [1.82, 2.24) is 15.0 Å². The molecule has 1 heterocycles. The molecule has 0 unspecified atom stereocenters. The first kappa shape index (κ1) is 20.9. The summed E-state index contributed by atoms with van der Waals surface area (Å²) in [5.41, 5.74) is 2.87. The molecule has 0 spiro atoms. The SMILES string of the molecule is Cc1ccc(C)c(OCC(=O)N(Cc2nc(-c3ccc(Cl)cc3)no2)C(C)C)c1. The summed E-state index contributed by atoms with van der Waals surface area (Å²) in [7, 11) is 0. The summed E-state index contributed by atoms with van der Waals surface area (Å²) in [5.74, 6) is 1.39. The van der Waals surface area contributed by atoms with Crippen LogP contribution >= 0.6 is 11.6 Å². The number of halogens is 1. The lowest BCUT2D eigenvalue weighted by molar-refractivity contribution is -0.136. The van der Waals surface area contributed by atoms with E-state index in [1.54, 1.807) is 17.0 Å². The summed E-state index contributed by atoms with van der Waals surface area (Å²) < 4.78 is 11.1. The molecule has 0 N–H and O–H groups in total. The molecule has 0 bridgehead atoms. The second-order valence-corrected chi connectivity index (χ2v) is 7.63. The quantitative estimate of drug-likeness (QED) is 0.555. The molecule has 0 aliphatic carbocycles. The number of hydrogen-bond acceptors (Lipinski definition) is 5. The van der Waals surface area contributed by atoms with Gasteiger partial charge >= 0.3 is 0 Å². The van der Waals surface area contributed by atoms with E-state index in [-0.39, 0.29) is 25.1 Å². The van der Waals surface area contributed by atoms with Crippen molar-refractivity contribution in [2.45, 2.75) is 40.3 Å². The van der Waals surface area contributed by atoms with Gasteiger partial charge in [0.2, 0.25) is 11.7 Å². The van der Waals surface area contributed by atoms with Crippen LogP contribution in [0.25, 0.3) is 11.4 Å². The van der Waals surface area contributed by atoms with Gasteiger partial charge in [0.1, 0.15) is 12.3 Å². The van der Waals surface area contributed by atoms with Gasteiger partial charge in [0.15, 0.2) is 6.61 Å². The molecule has 6 nitrogen and oxygen atoms in total. The van der Waals surface area contributed by atoms with Crippen LogP contribution in [0, 0.1) is 13.8 Å². The zero-order valence-corrected chi connectivity index (χ0v) is 17.7. The van der Waals surface area contributed by atoms with E-state index in [0.717, 1.165) is 16.7 Å². The minimum absolute atomic E-state index is 0.0458. The van der Waals surface area contributed by atoms with Gasteiger partial charge in [0.05, 0.1) is 0 Å². The van der Waals surface area contributed by atoms with E-state index in [4.69, 9.17) is 20.9 Å². The van der Waals surface area contributed by atoms with Crippen molar-refractivity contribution < 1.29 is 14.1 Å². The number of aryl methyl sites for hydroxylation is 2. The van der Waals surface area contributed by atoms with Gasteiger partial charge in [-0.3, -0.25) is 4.79 Å². The molecule has 29 heavy (non-hydrogen) atoms. The van der Waals surface area contributed by atoms with E-state index >= 15 is 0 Å². The number of carbonyl (C=O) groups is 1. The highest BCUT2D eigenvalue weighted by Gasteiger charge is 2.21. The predicted molar refractivity (Wildman–Crippen MR) is 112 cm³/mol. The number of nitrogens with zero attached hydrogens (tertiary/aromatic N) is 3. The molecular formula is C22H24ClN3O3. The molecule has 7 heteroatoms. The number of carbonyl (C=O) groups excluding carboxylic acids is 1. The first-order valence-electron chi connectivity index (χ1n) is 9.41. The fourth-order valence-electron chi connectivity index (χ4n) is 2.82. The molecule has 3 rings (SSSR count). The fraction of sp³-hybridized carbons (Fsp3) is 0.318. The molecule has 0 saturated carbocycles.